The molecule has 4 nitrogen and oxygen atoms in total. The van der Waals surface area contributed by atoms with Crippen LogP contribution < -0.4 is 10.6 Å². The quantitative estimate of drug-likeness (QED) is 0.815. The molecule has 142 valence electrons. The van der Waals surface area contributed by atoms with Crippen LogP contribution in [-0.2, 0) is 0 Å². The molecule has 1 aliphatic carbocycles. The van der Waals surface area contributed by atoms with Crippen LogP contribution in [0.2, 0.25) is 0 Å². The minimum atomic E-state index is -0.434. The molecule has 3 rings (SSSR count). The summed E-state index contributed by atoms with van der Waals surface area (Å²) in [7, 11) is 0. The number of amides is 2. The fourth-order valence-electron chi connectivity index (χ4n) is 2.86. The second-order valence-electron chi connectivity index (χ2n) is 7.06. The van der Waals surface area contributed by atoms with E-state index in [2.05, 4.69) is 10.6 Å². The molecule has 0 radical (unpaired) electrons. The molecule has 2 N–H and O–H groups in total. The molecule has 1 atom stereocenters. The summed E-state index contributed by atoms with van der Waals surface area (Å²) in [5, 5.41) is 5.62. The largest absolute Gasteiger partial charge is 0.350 e. The van der Waals surface area contributed by atoms with Gasteiger partial charge in [-0.3, -0.25) is 9.59 Å². The Balaban J connectivity index is 1.62. The summed E-state index contributed by atoms with van der Waals surface area (Å²) in [6.45, 7) is 3.50. The highest BCUT2D eigenvalue weighted by atomic mass is 19.1. The zero-order valence-corrected chi connectivity index (χ0v) is 15.3. The Labute approximate surface area is 157 Å². The zero-order chi connectivity index (χ0) is 19.6. The Morgan fingerprint density at radius 2 is 1.48 bits per heavy atom. The molecule has 2 amide bonds. The molecule has 2 aromatic carbocycles. The van der Waals surface area contributed by atoms with Crippen LogP contribution in [0.25, 0.3) is 0 Å². The third-order valence-electron chi connectivity index (χ3n) is 4.86. The minimum absolute atomic E-state index is 0.235. The fraction of sp³-hybridized carbons (Fsp3) is 0.333. The van der Waals surface area contributed by atoms with Gasteiger partial charge in [-0.05, 0) is 68.0 Å². The Kier molecular flexibility index (Phi) is 5.54. The Morgan fingerprint density at radius 1 is 0.963 bits per heavy atom. The van der Waals surface area contributed by atoms with Crippen molar-refractivity contribution >= 4 is 11.8 Å². The minimum Gasteiger partial charge on any atom is -0.350 e. The van der Waals surface area contributed by atoms with Gasteiger partial charge in [0.2, 0.25) is 0 Å². The summed E-state index contributed by atoms with van der Waals surface area (Å²) in [5.74, 6) is -1.35. The third kappa shape index (κ3) is 4.70. The maximum Gasteiger partial charge on any atom is 0.251 e. The third-order valence-corrected chi connectivity index (χ3v) is 4.86. The molecule has 0 heterocycles. The number of nitrogens with one attached hydrogen (secondary N) is 2. The monoisotopic (exact) mass is 372 g/mol. The molecular weight excluding hydrogens is 350 g/mol. The van der Waals surface area contributed by atoms with Crippen LogP contribution in [0.5, 0.6) is 0 Å². The summed E-state index contributed by atoms with van der Waals surface area (Å²) in [6.07, 6.45) is 1.92. The van der Waals surface area contributed by atoms with Crippen molar-refractivity contribution in [3.63, 3.8) is 0 Å². The lowest BCUT2D eigenvalue weighted by Crippen LogP contribution is -2.45. The summed E-state index contributed by atoms with van der Waals surface area (Å²) < 4.78 is 27.3. The maximum absolute atomic E-state index is 13.7. The van der Waals surface area contributed by atoms with Crippen molar-refractivity contribution in [2.45, 2.75) is 32.7 Å². The molecular formula is C21H22F2N2O2. The van der Waals surface area contributed by atoms with E-state index in [0.29, 0.717) is 11.1 Å². The molecule has 0 spiro atoms. The van der Waals surface area contributed by atoms with Crippen LogP contribution in [0, 0.1) is 31.4 Å². The van der Waals surface area contributed by atoms with E-state index >= 15 is 0 Å². The number of hydrogen-bond donors (Lipinski definition) is 2. The smallest absolute Gasteiger partial charge is 0.251 e. The van der Waals surface area contributed by atoms with E-state index in [1.54, 1.807) is 38.1 Å². The van der Waals surface area contributed by atoms with Gasteiger partial charge in [-0.25, -0.2) is 8.78 Å². The molecule has 6 heteroatoms. The van der Waals surface area contributed by atoms with Crippen LogP contribution in [0.1, 0.15) is 44.7 Å². The maximum atomic E-state index is 13.7. The van der Waals surface area contributed by atoms with Crippen molar-refractivity contribution in [3.05, 3.63) is 70.3 Å². The molecule has 0 aliphatic heterocycles. The number of halogens is 2. The fourth-order valence-corrected chi connectivity index (χ4v) is 2.86. The molecule has 27 heavy (non-hydrogen) atoms. The van der Waals surface area contributed by atoms with Gasteiger partial charge in [0.25, 0.3) is 11.8 Å². The van der Waals surface area contributed by atoms with E-state index in [1.165, 1.54) is 12.1 Å². The Morgan fingerprint density at radius 3 is 1.96 bits per heavy atom. The van der Waals surface area contributed by atoms with E-state index in [9.17, 15) is 18.4 Å². The van der Waals surface area contributed by atoms with E-state index < -0.39 is 17.5 Å². The molecule has 0 bridgehead atoms. The lowest BCUT2D eigenvalue weighted by molar-refractivity contribution is 0.0903. The number of carbonyl (C=O) groups excluding carboxylic acids is 2. The van der Waals surface area contributed by atoms with Gasteiger partial charge in [0, 0.05) is 23.7 Å². The molecule has 0 saturated heterocycles. The average molecular weight is 372 g/mol. The van der Waals surface area contributed by atoms with Gasteiger partial charge < -0.3 is 10.6 Å². The molecule has 1 fully saturated rings. The van der Waals surface area contributed by atoms with Gasteiger partial charge in [-0.15, -0.1) is 0 Å². The van der Waals surface area contributed by atoms with Crippen molar-refractivity contribution in [3.8, 4) is 0 Å². The summed E-state index contributed by atoms with van der Waals surface area (Å²) >= 11 is 0. The predicted octanol–water partition coefficient (Wildman–Crippen LogP) is 3.52. The molecule has 0 aromatic heterocycles. The first-order chi connectivity index (χ1) is 12.8. The van der Waals surface area contributed by atoms with Gasteiger partial charge in [-0.2, -0.15) is 0 Å². The first-order valence-corrected chi connectivity index (χ1v) is 8.96. The summed E-state index contributed by atoms with van der Waals surface area (Å²) in [5.41, 5.74) is 1.43. The van der Waals surface area contributed by atoms with E-state index in [0.717, 1.165) is 12.8 Å². The molecule has 1 aliphatic rings. The van der Waals surface area contributed by atoms with Gasteiger partial charge in [0.1, 0.15) is 11.6 Å². The first-order valence-electron chi connectivity index (χ1n) is 8.96. The highest BCUT2D eigenvalue weighted by Gasteiger charge is 2.32. The number of aryl methyl sites for hydroxylation is 2. The normalized spacial score (nSPS) is 14.5. The highest BCUT2D eigenvalue weighted by molar-refractivity contribution is 5.95. The van der Waals surface area contributed by atoms with E-state index in [-0.39, 0.29) is 35.5 Å². The Bertz CT molecular complexity index is 878. The van der Waals surface area contributed by atoms with Crippen molar-refractivity contribution in [1.82, 2.24) is 10.6 Å². The molecule has 2 aromatic rings. The van der Waals surface area contributed by atoms with Crippen LogP contribution >= 0.6 is 0 Å². The number of hydrogen-bond acceptors (Lipinski definition) is 2. The predicted molar refractivity (Wildman–Crippen MR) is 98.6 cm³/mol. The second kappa shape index (κ2) is 7.86. The average Bonchev–Trinajstić information content (AvgIpc) is 3.47. The Hall–Kier alpha value is -2.76. The van der Waals surface area contributed by atoms with Crippen molar-refractivity contribution in [1.29, 1.82) is 0 Å². The number of rotatable bonds is 6. The van der Waals surface area contributed by atoms with Gasteiger partial charge in [0.15, 0.2) is 0 Å². The molecule has 1 saturated carbocycles. The van der Waals surface area contributed by atoms with E-state index in [1.807, 2.05) is 0 Å². The molecule has 1 unspecified atom stereocenters. The summed E-state index contributed by atoms with van der Waals surface area (Å²) in [6, 6.07) is 8.41. The van der Waals surface area contributed by atoms with Gasteiger partial charge in [0.05, 0.1) is 0 Å². The van der Waals surface area contributed by atoms with Crippen LogP contribution in [0.4, 0.5) is 8.78 Å². The van der Waals surface area contributed by atoms with Crippen molar-refractivity contribution in [2.75, 3.05) is 6.54 Å². The SMILES string of the molecule is Cc1ccc(C(=O)NCC(NC(=O)c2ccc(C)c(F)c2)C2CC2)cc1F. The zero-order valence-electron chi connectivity index (χ0n) is 15.3. The summed E-state index contributed by atoms with van der Waals surface area (Å²) in [4.78, 5) is 24.7. The van der Waals surface area contributed by atoms with Crippen LogP contribution in [0.3, 0.4) is 0 Å². The topological polar surface area (TPSA) is 58.2 Å². The van der Waals surface area contributed by atoms with Gasteiger partial charge in [-0.1, -0.05) is 12.1 Å². The first kappa shape index (κ1) is 19.0. The van der Waals surface area contributed by atoms with E-state index in [4.69, 9.17) is 0 Å². The second-order valence-corrected chi connectivity index (χ2v) is 7.06. The number of benzene rings is 2. The highest BCUT2D eigenvalue weighted by Crippen LogP contribution is 2.32. The lowest BCUT2D eigenvalue weighted by Gasteiger charge is -2.19. The van der Waals surface area contributed by atoms with Gasteiger partial charge >= 0.3 is 0 Å². The van der Waals surface area contributed by atoms with Crippen molar-refractivity contribution in [2.24, 2.45) is 5.92 Å². The van der Waals surface area contributed by atoms with Crippen molar-refractivity contribution < 1.29 is 18.4 Å². The van der Waals surface area contributed by atoms with Crippen LogP contribution in [-0.4, -0.2) is 24.4 Å². The van der Waals surface area contributed by atoms with Crippen LogP contribution in [0.15, 0.2) is 36.4 Å². The lowest BCUT2D eigenvalue weighted by atomic mass is 10.1. The number of carbonyl (C=O) groups is 2. The standard InChI is InChI=1S/C21H22F2N2O2/c1-12-3-5-15(9-17(12)22)20(26)24-11-19(14-7-8-14)25-21(27)16-6-4-13(2)18(23)10-16/h3-6,9-10,14,19H,7-8,11H2,1-2H3,(H,24,26)(H,25,27).